The van der Waals surface area contributed by atoms with Crippen LogP contribution in [0.1, 0.15) is 42.1 Å². The molecule has 0 amide bonds. The maximum absolute atomic E-state index is 13.2. The van der Waals surface area contributed by atoms with E-state index in [4.69, 9.17) is 9.47 Å². The van der Waals surface area contributed by atoms with Gasteiger partial charge in [-0.05, 0) is 44.4 Å². The molecule has 0 radical (unpaired) electrons. The van der Waals surface area contributed by atoms with Crippen LogP contribution in [0.15, 0.2) is 47.4 Å². The van der Waals surface area contributed by atoms with Crippen molar-refractivity contribution in [3.63, 3.8) is 0 Å². The molecule has 0 aliphatic carbocycles. The average molecular weight is 477 g/mol. The highest BCUT2D eigenvalue weighted by atomic mass is 32.2. The first-order chi connectivity index (χ1) is 15.6. The van der Waals surface area contributed by atoms with Crippen LogP contribution in [-0.4, -0.2) is 49.1 Å². The number of nitrogens with zero attached hydrogens (tertiary/aromatic N) is 2. The van der Waals surface area contributed by atoms with E-state index in [2.05, 4.69) is 0 Å². The van der Waals surface area contributed by atoms with Crippen molar-refractivity contribution in [3.05, 3.63) is 63.7 Å². The Morgan fingerprint density at radius 1 is 1.15 bits per heavy atom. The molecule has 2 aromatic rings. The number of hydrogen-bond acceptors (Lipinski definition) is 8. The van der Waals surface area contributed by atoms with Crippen molar-refractivity contribution in [3.8, 4) is 5.75 Å². The number of methoxy groups -OCH3 is 1. The Bertz CT molecular complexity index is 1160. The summed E-state index contributed by atoms with van der Waals surface area (Å²) in [4.78, 5) is 34.8. The van der Waals surface area contributed by atoms with E-state index in [-0.39, 0.29) is 35.9 Å². The van der Waals surface area contributed by atoms with Gasteiger partial charge in [-0.3, -0.25) is 19.7 Å². The summed E-state index contributed by atoms with van der Waals surface area (Å²) >= 11 is 0. The van der Waals surface area contributed by atoms with Gasteiger partial charge in [-0.15, -0.1) is 0 Å². The van der Waals surface area contributed by atoms with Gasteiger partial charge in [0.05, 0.1) is 16.9 Å². The minimum Gasteiger partial charge on any atom is -0.496 e. The van der Waals surface area contributed by atoms with Crippen molar-refractivity contribution in [1.29, 1.82) is 0 Å². The molecule has 0 spiro atoms. The molecule has 1 atom stereocenters. The molecular weight excluding hydrogens is 452 g/mol. The third-order valence-corrected chi connectivity index (χ3v) is 7.36. The molecule has 0 aromatic heterocycles. The Balaban J connectivity index is 1.80. The number of sulfonamides is 1. The zero-order chi connectivity index (χ0) is 24.2. The minimum atomic E-state index is -4.01. The lowest BCUT2D eigenvalue weighted by Gasteiger charge is -2.33. The van der Waals surface area contributed by atoms with Gasteiger partial charge >= 0.3 is 5.97 Å². The molecule has 0 N–H and O–H groups in total. The summed E-state index contributed by atoms with van der Waals surface area (Å²) in [6.07, 6.45) is 1.53. The van der Waals surface area contributed by atoms with Crippen LogP contribution in [-0.2, 0) is 26.2 Å². The fraction of sp³-hybridized carbons (Fsp3) is 0.364. The molecule has 1 fully saturated rings. The van der Waals surface area contributed by atoms with Crippen molar-refractivity contribution in [2.75, 3.05) is 13.7 Å². The van der Waals surface area contributed by atoms with E-state index in [0.717, 1.165) is 4.31 Å². The highest BCUT2D eigenvalue weighted by molar-refractivity contribution is 7.89. The first-order valence-electron chi connectivity index (χ1n) is 10.3. The number of Topliss-reactive ketones (excluding diaryl/α,β-unsaturated/α-hetero) is 1. The molecule has 0 bridgehead atoms. The van der Waals surface area contributed by atoms with Crippen LogP contribution in [0.25, 0.3) is 0 Å². The number of benzene rings is 2. The molecule has 1 saturated heterocycles. The Morgan fingerprint density at radius 2 is 1.85 bits per heavy atom. The van der Waals surface area contributed by atoms with Crippen LogP contribution in [0, 0.1) is 10.1 Å². The highest BCUT2D eigenvalue weighted by Gasteiger charge is 2.38. The second-order valence-corrected chi connectivity index (χ2v) is 9.46. The lowest BCUT2D eigenvalue weighted by atomic mass is 10.1. The number of hydrogen-bond donors (Lipinski definition) is 0. The van der Waals surface area contributed by atoms with Gasteiger partial charge in [0.1, 0.15) is 18.4 Å². The van der Waals surface area contributed by atoms with Gasteiger partial charge < -0.3 is 9.47 Å². The van der Waals surface area contributed by atoms with E-state index in [1.807, 2.05) is 0 Å². The summed E-state index contributed by atoms with van der Waals surface area (Å²) in [6.45, 7) is 1.23. The monoisotopic (exact) mass is 476 g/mol. The number of non-ortho nitro benzene ring substituents is 1. The summed E-state index contributed by atoms with van der Waals surface area (Å²) in [5.74, 6) is -0.616. The number of ether oxygens (including phenoxy) is 2. The third kappa shape index (κ3) is 5.37. The number of rotatable bonds is 8. The van der Waals surface area contributed by atoms with Crippen LogP contribution < -0.4 is 4.74 Å². The van der Waals surface area contributed by atoms with Gasteiger partial charge in [0.15, 0.2) is 5.78 Å². The van der Waals surface area contributed by atoms with Gasteiger partial charge in [0.25, 0.3) is 5.69 Å². The molecule has 11 heteroatoms. The number of piperidine rings is 1. The smallest absolute Gasteiger partial charge is 0.324 e. The zero-order valence-corrected chi connectivity index (χ0v) is 19.0. The second-order valence-electron chi connectivity index (χ2n) is 7.57. The van der Waals surface area contributed by atoms with Crippen molar-refractivity contribution >= 4 is 27.5 Å². The molecule has 10 nitrogen and oxygen atoms in total. The van der Waals surface area contributed by atoms with Crippen LogP contribution in [0.3, 0.4) is 0 Å². The maximum Gasteiger partial charge on any atom is 0.324 e. The van der Waals surface area contributed by atoms with E-state index >= 15 is 0 Å². The average Bonchev–Trinajstić information content (AvgIpc) is 2.82. The molecule has 1 aliphatic heterocycles. The van der Waals surface area contributed by atoms with Gasteiger partial charge in [-0.25, -0.2) is 8.42 Å². The van der Waals surface area contributed by atoms with Crippen molar-refractivity contribution in [2.45, 2.75) is 43.7 Å². The Labute approximate surface area is 191 Å². The van der Waals surface area contributed by atoms with E-state index in [1.165, 1.54) is 56.5 Å². The van der Waals surface area contributed by atoms with E-state index in [0.29, 0.717) is 29.7 Å². The second kappa shape index (κ2) is 10.1. The number of nitro benzene ring substituents is 1. The van der Waals surface area contributed by atoms with Crippen molar-refractivity contribution in [1.82, 2.24) is 4.31 Å². The first-order valence-corrected chi connectivity index (χ1v) is 11.7. The lowest BCUT2D eigenvalue weighted by molar-refractivity contribution is -0.385. The Hall–Kier alpha value is -3.31. The molecule has 2 aromatic carbocycles. The number of ketones is 1. The number of esters is 1. The molecule has 3 rings (SSSR count). The molecule has 176 valence electrons. The summed E-state index contributed by atoms with van der Waals surface area (Å²) in [6, 6.07) is 8.45. The first kappa shape index (κ1) is 24.3. The molecule has 1 aliphatic rings. The lowest BCUT2D eigenvalue weighted by Crippen LogP contribution is -2.48. The zero-order valence-electron chi connectivity index (χ0n) is 18.2. The normalized spacial score (nSPS) is 16.7. The topological polar surface area (TPSA) is 133 Å². The number of nitro groups is 1. The molecule has 1 unspecified atom stereocenters. The van der Waals surface area contributed by atoms with Crippen LogP contribution in [0.5, 0.6) is 5.75 Å². The largest absolute Gasteiger partial charge is 0.496 e. The third-order valence-electron chi connectivity index (χ3n) is 5.44. The summed E-state index contributed by atoms with van der Waals surface area (Å²) in [5.41, 5.74) is 0.497. The highest BCUT2D eigenvalue weighted by Crippen LogP contribution is 2.28. The van der Waals surface area contributed by atoms with Crippen molar-refractivity contribution < 1.29 is 32.4 Å². The Morgan fingerprint density at radius 3 is 2.45 bits per heavy atom. The van der Waals surface area contributed by atoms with Gasteiger partial charge in [0.2, 0.25) is 10.0 Å². The van der Waals surface area contributed by atoms with Crippen molar-refractivity contribution in [2.24, 2.45) is 0 Å². The van der Waals surface area contributed by atoms with Gasteiger partial charge in [-0.2, -0.15) is 4.31 Å². The predicted molar refractivity (Wildman–Crippen MR) is 117 cm³/mol. The number of carbonyl (C=O) groups excluding carboxylic acids is 2. The fourth-order valence-corrected chi connectivity index (χ4v) is 5.31. The van der Waals surface area contributed by atoms with Crippen LogP contribution in [0.2, 0.25) is 0 Å². The SMILES string of the molecule is COc1ccc([N+](=O)[O-])cc1COC(=O)C1CCCCN1S(=O)(=O)c1ccc(C(C)=O)cc1. The quantitative estimate of drug-likeness (QED) is 0.246. The minimum absolute atomic E-state index is 0.0208. The predicted octanol–water partition coefficient (Wildman–Crippen LogP) is 3.09. The van der Waals surface area contributed by atoms with Crippen LogP contribution >= 0.6 is 0 Å². The van der Waals surface area contributed by atoms with Gasteiger partial charge in [-0.1, -0.05) is 12.1 Å². The van der Waals surface area contributed by atoms with E-state index in [1.54, 1.807) is 0 Å². The summed E-state index contributed by atoms with van der Waals surface area (Å²) < 4.78 is 38.1. The van der Waals surface area contributed by atoms with E-state index < -0.39 is 27.0 Å². The molecule has 33 heavy (non-hydrogen) atoms. The number of carbonyl (C=O) groups is 2. The molecular formula is C22H24N2O8S. The Kier molecular flexibility index (Phi) is 7.44. The van der Waals surface area contributed by atoms with E-state index in [9.17, 15) is 28.1 Å². The maximum atomic E-state index is 13.2. The molecule has 1 heterocycles. The standard InChI is InChI=1S/C22H24N2O8S/c1-15(25)16-6-9-19(10-7-16)33(29,30)23-12-4-3-5-20(23)22(26)32-14-17-13-18(24(27)28)8-11-21(17)31-2/h6-11,13,20H,3-5,12,14H2,1-2H3. The molecule has 0 saturated carbocycles. The fourth-order valence-electron chi connectivity index (χ4n) is 3.66. The van der Waals surface area contributed by atoms with Gasteiger partial charge in [0, 0.05) is 29.8 Å². The summed E-state index contributed by atoms with van der Waals surface area (Å²) in [7, 11) is -2.62. The van der Waals surface area contributed by atoms with Crippen LogP contribution in [0.4, 0.5) is 5.69 Å². The summed E-state index contributed by atoms with van der Waals surface area (Å²) in [5, 5.41) is 11.0.